The van der Waals surface area contributed by atoms with Crippen molar-refractivity contribution < 1.29 is 42.7 Å². The van der Waals surface area contributed by atoms with E-state index in [0.29, 0.717) is 39.1 Å². The maximum Gasteiger partial charge on any atom is 0.306 e. The summed E-state index contributed by atoms with van der Waals surface area (Å²) >= 11 is 0. The molecule has 3 saturated heterocycles. The highest BCUT2D eigenvalue weighted by Crippen LogP contribution is 2.34. The van der Waals surface area contributed by atoms with Gasteiger partial charge in [0.25, 0.3) is 0 Å². The van der Waals surface area contributed by atoms with Crippen LogP contribution < -0.4 is 0 Å². The number of carbonyl (C=O) groups excluding carboxylic acids is 2. The summed E-state index contributed by atoms with van der Waals surface area (Å²) in [6.45, 7) is 6.46. The van der Waals surface area contributed by atoms with Crippen molar-refractivity contribution in [3.05, 3.63) is 0 Å². The van der Waals surface area contributed by atoms with Crippen LogP contribution in [0.2, 0.25) is 0 Å². The van der Waals surface area contributed by atoms with Gasteiger partial charge in [0.05, 0.1) is 26.2 Å². The lowest BCUT2D eigenvalue weighted by atomic mass is 10.1. The maximum absolute atomic E-state index is 12.2. The predicted octanol–water partition coefficient (Wildman–Crippen LogP) is 1.36. The smallest absolute Gasteiger partial charge is 0.306 e. The Morgan fingerprint density at radius 3 is 2.41 bits per heavy atom. The van der Waals surface area contributed by atoms with Crippen LogP contribution in [0.15, 0.2) is 0 Å². The molecular formula is C20H32O9. The van der Waals surface area contributed by atoms with Crippen LogP contribution in [0.3, 0.4) is 0 Å². The van der Waals surface area contributed by atoms with Gasteiger partial charge in [-0.05, 0) is 20.8 Å². The zero-order valence-electron chi connectivity index (χ0n) is 17.6. The topological polar surface area (TPSA) is 98.8 Å². The number of carbonyl (C=O) groups is 2. The number of Topliss-reactive ketones (excluding diaryl/α,β-unsaturated/α-hetero) is 1. The highest BCUT2D eigenvalue weighted by molar-refractivity contribution is 5.75. The van der Waals surface area contributed by atoms with Crippen molar-refractivity contribution in [2.24, 2.45) is 0 Å². The van der Waals surface area contributed by atoms with Crippen LogP contribution >= 0.6 is 0 Å². The Hall–Kier alpha value is -1.10. The third-order valence-corrected chi connectivity index (χ3v) is 5.58. The number of hydrogen-bond donors (Lipinski definition) is 0. The van der Waals surface area contributed by atoms with Crippen molar-refractivity contribution in [3.8, 4) is 0 Å². The Morgan fingerprint density at radius 1 is 1.00 bits per heavy atom. The summed E-state index contributed by atoms with van der Waals surface area (Å²) in [7, 11) is 1.63. The SMILES string of the molecule is COC1COC2COC(C)(CCC(=O)OCC3COC(C)(CCC(C)=O)O3)OC12. The molecule has 0 N–H and O–H groups in total. The zero-order chi connectivity index (χ0) is 21.1. The second kappa shape index (κ2) is 9.36. The molecule has 0 amide bonds. The van der Waals surface area contributed by atoms with Crippen LogP contribution in [0.4, 0.5) is 0 Å². The van der Waals surface area contributed by atoms with Crippen molar-refractivity contribution in [2.75, 3.05) is 33.5 Å². The summed E-state index contributed by atoms with van der Waals surface area (Å²) in [6.07, 6.45) is 0.570. The quantitative estimate of drug-likeness (QED) is 0.516. The second-order valence-electron chi connectivity index (χ2n) is 8.24. The van der Waals surface area contributed by atoms with E-state index in [9.17, 15) is 9.59 Å². The molecule has 6 atom stereocenters. The number of hydrogen-bond acceptors (Lipinski definition) is 9. The molecule has 0 aliphatic carbocycles. The van der Waals surface area contributed by atoms with Gasteiger partial charge in [-0.2, -0.15) is 0 Å². The van der Waals surface area contributed by atoms with Crippen LogP contribution in [0.5, 0.6) is 0 Å². The van der Waals surface area contributed by atoms with Crippen molar-refractivity contribution in [1.82, 2.24) is 0 Å². The number of ether oxygens (including phenoxy) is 7. The molecule has 9 nitrogen and oxygen atoms in total. The van der Waals surface area contributed by atoms with Gasteiger partial charge in [-0.3, -0.25) is 4.79 Å². The molecule has 0 aromatic heterocycles. The first-order valence-electron chi connectivity index (χ1n) is 10.1. The lowest BCUT2D eigenvalue weighted by Crippen LogP contribution is -2.51. The lowest BCUT2D eigenvalue weighted by molar-refractivity contribution is -0.312. The van der Waals surface area contributed by atoms with Crippen molar-refractivity contribution in [2.45, 2.75) is 82.4 Å². The van der Waals surface area contributed by atoms with Crippen LogP contribution in [-0.4, -0.2) is 81.3 Å². The molecule has 166 valence electrons. The minimum absolute atomic E-state index is 0.0845. The van der Waals surface area contributed by atoms with E-state index in [1.807, 2.05) is 6.92 Å². The van der Waals surface area contributed by atoms with E-state index in [1.54, 1.807) is 14.0 Å². The Labute approximate surface area is 171 Å². The van der Waals surface area contributed by atoms with E-state index in [-0.39, 0.29) is 49.2 Å². The summed E-state index contributed by atoms with van der Waals surface area (Å²) in [5, 5.41) is 0. The fraction of sp³-hybridized carbons (Fsp3) is 0.900. The summed E-state index contributed by atoms with van der Waals surface area (Å²) in [5.74, 6) is -1.96. The molecule has 3 aliphatic heterocycles. The van der Waals surface area contributed by atoms with E-state index >= 15 is 0 Å². The summed E-state index contributed by atoms with van der Waals surface area (Å²) in [5.41, 5.74) is 0. The molecule has 3 rings (SSSR count). The predicted molar refractivity (Wildman–Crippen MR) is 99.1 cm³/mol. The van der Waals surface area contributed by atoms with Crippen LogP contribution in [0.1, 0.15) is 46.5 Å². The Bertz CT molecular complexity index is 591. The largest absolute Gasteiger partial charge is 0.463 e. The van der Waals surface area contributed by atoms with E-state index < -0.39 is 11.6 Å². The van der Waals surface area contributed by atoms with Gasteiger partial charge in [0.1, 0.15) is 36.8 Å². The van der Waals surface area contributed by atoms with E-state index in [2.05, 4.69) is 0 Å². The molecule has 0 radical (unpaired) electrons. The Morgan fingerprint density at radius 2 is 1.69 bits per heavy atom. The van der Waals surface area contributed by atoms with Gasteiger partial charge < -0.3 is 38.0 Å². The number of esters is 1. The van der Waals surface area contributed by atoms with Gasteiger partial charge >= 0.3 is 5.97 Å². The molecule has 0 bridgehead atoms. The van der Waals surface area contributed by atoms with Crippen molar-refractivity contribution >= 4 is 11.8 Å². The molecule has 0 saturated carbocycles. The number of methoxy groups -OCH3 is 1. The van der Waals surface area contributed by atoms with E-state index in [4.69, 9.17) is 33.2 Å². The summed E-state index contributed by atoms with van der Waals surface area (Å²) in [4.78, 5) is 23.3. The van der Waals surface area contributed by atoms with Crippen molar-refractivity contribution in [3.63, 3.8) is 0 Å². The first-order chi connectivity index (χ1) is 13.7. The Kier molecular flexibility index (Phi) is 7.29. The van der Waals surface area contributed by atoms with Gasteiger partial charge in [0.15, 0.2) is 11.6 Å². The average Bonchev–Trinajstić information content (AvgIpc) is 3.26. The fourth-order valence-electron chi connectivity index (χ4n) is 3.75. The van der Waals surface area contributed by atoms with Crippen LogP contribution in [0, 0.1) is 0 Å². The highest BCUT2D eigenvalue weighted by atomic mass is 16.8. The molecule has 3 fully saturated rings. The molecular weight excluding hydrogens is 384 g/mol. The molecule has 0 aromatic rings. The molecule has 6 unspecified atom stereocenters. The molecule has 3 heterocycles. The normalized spacial score (nSPS) is 39.3. The molecule has 0 spiro atoms. The number of rotatable bonds is 9. The zero-order valence-corrected chi connectivity index (χ0v) is 17.6. The number of fused-ring (bicyclic) bond motifs is 1. The maximum atomic E-state index is 12.2. The molecule has 3 aliphatic rings. The van der Waals surface area contributed by atoms with Crippen molar-refractivity contribution in [1.29, 1.82) is 0 Å². The fourth-order valence-corrected chi connectivity index (χ4v) is 3.75. The first kappa shape index (κ1) is 22.6. The first-order valence-corrected chi connectivity index (χ1v) is 10.1. The Balaban J connectivity index is 1.37. The monoisotopic (exact) mass is 416 g/mol. The second-order valence-corrected chi connectivity index (χ2v) is 8.24. The highest BCUT2D eigenvalue weighted by Gasteiger charge is 2.48. The van der Waals surface area contributed by atoms with E-state index in [0.717, 1.165) is 0 Å². The molecule has 9 heteroatoms. The average molecular weight is 416 g/mol. The third kappa shape index (κ3) is 5.96. The molecule has 29 heavy (non-hydrogen) atoms. The van der Waals surface area contributed by atoms with E-state index in [1.165, 1.54) is 6.92 Å². The van der Waals surface area contributed by atoms with Crippen LogP contribution in [-0.2, 0) is 42.7 Å². The minimum Gasteiger partial charge on any atom is -0.463 e. The third-order valence-electron chi connectivity index (χ3n) is 5.58. The minimum atomic E-state index is -0.886. The standard InChI is InChI=1S/C20H32O9/c1-13(21)5-7-19(2)26-10-14(28-19)9-25-17(22)6-8-20(3)27-12-16-18(29-20)15(23-4)11-24-16/h14-16,18H,5-12H2,1-4H3. The van der Waals surface area contributed by atoms with Gasteiger partial charge in [0.2, 0.25) is 0 Å². The molecule has 0 aromatic carbocycles. The number of ketones is 1. The van der Waals surface area contributed by atoms with Gasteiger partial charge in [0, 0.05) is 26.4 Å². The van der Waals surface area contributed by atoms with Crippen LogP contribution in [0.25, 0.3) is 0 Å². The van der Waals surface area contributed by atoms with Gasteiger partial charge in [-0.25, -0.2) is 0 Å². The van der Waals surface area contributed by atoms with Gasteiger partial charge in [-0.1, -0.05) is 0 Å². The summed E-state index contributed by atoms with van der Waals surface area (Å²) < 4.78 is 39.6. The van der Waals surface area contributed by atoms with Gasteiger partial charge in [-0.15, -0.1) is 0 Å². The lowest BCUT2D eigenvalue weighted by Gasteiger charge is -2.40. The summed E-state index contributed by atoms with van der Waals surface area (Å²) in [6, 6.07) is 0.